The minimum absolute atomic E-state index is 0.0680. The van der Waals surface area contributed by atoms with Gasteiger partial charge in [-0.05, 0) is 38.1 Å². The summed E-state index contributed by atoms with van der Waals surface area (Å²) in [5, 5.41) is 0.653. The molecule has 2 aromatic rings. The van der Waals surface area contributed by atoms with Gasteiger partial charge in [0.2, 0.25) is 0 Å². The first-order valence-electron chi connectivity index (χ1n) is 7.58. The van der Waals surface area contributed by atoms with Crippen LogP contribution < -0.4 is 10.4 Å². The molecule has 3 rings (SSSR count). The van der Waals surface area contributed by atoms with Crippen LogP contribution >= 0.6 is 0 Å². The first-order valence-corrected chi connectivity index (χ1v) is 7.58. The Kier molecular flexibility index (Phi) is 4.34. The number of rotatable bonds is 3. The Morgan fingerprint density at radius 3 is 2.70 bits per heavy atom. The van der Waals surface area contributed by atoms with Gasteiger partial charge in [-0.3, -0.25) is 0 Å². The third-order valence-electron chi connectivity index (χ3n) is 4.10. The minimum Gasteiger partial charge on any atom is -0.497 e. The van der Waals surface area contributed by atoms with Crippen molar-refractivity contribution < 1.29 is 18.7 Å². The lowest BCUT2D eigenvalue weighted by molar-refractivity contribution is 0.0135. The minimum atomic E-state index is -0.691. The Bertz CT molecular complexity index is 774. The Balaban J connectivity index is 1.83. The van der Waals surface area contributed by atoms with Crippen LogP contribution in [0.5, 0.6) is 5.75 Å². The van der Waals surface area contributed by atoms with Crippen LogP contribution in [-0.4, -0.2) is 44.2 Å². The van der Waals surface area contributed by atoms with E-state index < -0.39 is 11.6 Å². The van der Waals surface area contributed by atoms with Crippen molar-refractivity contribution in [1.29, 1.82) is 0 Å². The molecule has 0 unspecified atom stereocenters. The summed E-state index contributed by atoms with van der Waals surface area (Å²) < 4.78 is 15.8. The molecule has 1 aliphatic rings. The lowest BCUT2D eigenvalue weighted by atomic mass is 10.1. The summed E-state index contributed by atoms with van der Waals surface area (Å²) in [6.45, 7) is 1.76. The normalized spacial score (nSPS) is 16.4. The molecule has 0 aliphatic carbocycles. The van der Waals surface area contributed by atoms with Crippen molar-refractivity contribution in [3.8, 4) is 5.75 Å². The second kappa shape index (κ2) is 6.42. The third kappa shape index (κ3) is 3.37. The largest absolute Gasteiger partial charge is 0.497 e. The Hall–Kier alpha value is -2.34. The van der Waals surface area contributed by atoms with E-state index in [1.54, 1.807) is 18.2 Å². The number of piperidine rings is 1. The molecule has 6 nitrogen and oxygen atoms in total. The molecule has 0 amide bonds. The van der Waals surface area contributed by atoms with Gasteiger partial charge in [0.15, 0.2) is 0 Å². The van der Waals surface area contributed by atoms with Gasteiger partial charge in [-0.25, -0.2) is 9.59 Å². The van der Waals surface area contributed by atoms with Gasteiger partial charge in [-0.1, -0.05) is 0 Å². The van der Waals surface area contributed by atoms with Gasteiger partial charge in [0.1, 0.15) is 23.0 Å². The number of nitrogens with zero attached hydrogens (tertiary/aromatic N) is 1. The van der Waals surface area contributed by atoms with E-state index in [1.165, 1.54) is 13.2 Å². The van der Waals surface area contributed by atoms with E-state index >= 15 is 0 Å². The second-order valence-corrected chi connectivity index (χ2v) is 5.76. The number of hydrogen-bond donors (Lipinski definition) is 0. The van der Waals surface area contributed by atoms with Gasteiger partial charge < -0.3 is 18.8 Å². The first kappa shape index (κ1) is 15.6. The van der Waals surface area contributed by atoms with Crippen LogP contribution in [0.25, 0.3) is 11.0 Å². The highest BCUT2D eigenvalue weighted by atomic mass is 16.5. The number of fused-ring (bicyclic) bond motifs is 1. The molecular weight excluding hydrogens is 298 g/mol. The summed E-state index contributed by atoms with van der Waals surface area (Å²) in [7, 11) is 3.57. The standard InChI is InChI=1S/C17H19NO5/c1-18-7-5-12(6-8-18)22-16(19)14-9-11-3-4-13(21-2)10-15(11)23-17(14)20/h3-4,9-10,12H,5-8H2,1-2H3. The van der Waals surface area contributed by atoms with Crippen LogP contribution in [0.15, 0.2) is 33.5 Å². The molecule has 1 saturated heterocycles. The molecule has 6 heteroatoms. The fraction of sp³-hybridized carbons (Fsp3) is 0.412. The van der Waals surface area contributed by atoms with E-state index in [0.29, 0.717) is 16.7 Å². The number of esters is 1. The molecule has 1 aromatic carbocycles. The number of carbonyl (C=O) groups is 1. The van der Waals surface area contributed by atoms with Crippen LogP contribution in [-0.2, 0) is 4.74 Å². The van der Waals surface area contributed by atoms with Gasteiger partial charge in [0, 0.05) is 24.5 Å². The number of ether oxygens (including phenoxy) is 2. The van der Waals surface area contributed by atoms with Crippen LogP contribution in [0.1, 0.15) is 23.2 Å². The quantitative estimate of drug-likeness (QED) is 0.637. The molecule has 0 N–H and O–H groups in total. The molecule has 0 spiro atoms. The maximum atomic E-state index is 12.3. The molecule has 0 radical (unpaired) electrons. The molecule has 0 bridgehead atoms. The maximum Gasteiger partial charge on any atom is 0.351 e. The van der Waals surface area contributed by atoms with Crippen molar-refractivity contribution in [2.45, 2.75) is 18.9 Å². The Labute approximate surface area is 133 Å². The Morgan fingerprint density at radius 1 is 1.26 bits per heavy atom. The number of carbonyl (C=O) groups excluding carboxylic acids is 1. The highest BCUT2D eigenvalue weighted by Crippen LogP contribution is 2.21. The SMILES string of the molecule is COc1ccc2cc(C(=O)OC3CCN(C)CC3)c(=O)oc2c1. The molecule has 0 atom stereocenters. The van der Waals surface area contributed by atoms with Gasteiger partial charge in [-0.2, -0.15) is 0 Å². The molecule has 1 fully saturated rings. The average Bonchev–Trinajstić information content (AvgIpc) is 2.55. The second-order valence-electron chi connectivity index (χ2n) is 5.76. The summed E-state index contributed by atoms with van der Waals surface area (Å²) in [4.78, 5) is 26.5. The van der Waals surface area contributed by atoms with Crippen molar-refractivity contribution in [3.63, 3.8) is 0 Å². The van der Waals surface area contributed by atoms with E-state index in [0.717, 1.165) is 25.9 Å². The van der Waals surface area contributed by atoms with Gasteiger partial charge >= 0.3 is 11.6 Å². The molecule has 122 valence electrons. The number of methoxy groups -OCH3 is 1. The lowest BCUT2D eigenvalue weighted by Gasteiger charge is -2.28. The van der Waals surface area contributed by atoms with Crippen LogP contribution in [0.3, 0.4) is 0 Å². The van der Waals surface area contributed by atoms with E-state index in [2.05, 4.69) is 4.90 Å². The van der Waals surface area contributed by atoms with E-state index in [-0.39, 0.29) is 11.7 Å². The van der Waals surface area contributed by atoms with E-state index in [4.69, 9.17) is 13.9 Å². The summed E-state index contributed by atoms with van der Waals surface area (Å²) >= 11 is 0. The zero-order valence-corrected chi connectivity index (χ0v) is 13.2. The third-order valence-corrected chi connectivity index (χ3v) is 4.10. The highest BCUT2D eigenvalue weighted by molar-refractivity contribution is 5.93. The van der Waals surface area contributed by atoms with Crippen LogP contribution in [0.4, 0.5) is 0 Å². The monoisotopic (exact) mass is 317 g/mol. The van der Waals surface area contributed by atoms with Crippen LogP contribution in [0, 0.1) is 0 Å². The molecule has 1 aliphatic heterocycles. The topological polar surface area (TPSA) is 69.0 Å². The zero-order valence-electron chi connectivity index (χ0n) is 13.2. The number of likely N-dealkylation sites (tertiary alicyclic amines) is 1. The molecule has 23 heavy (non-hydrogen) atoms. The van der Waals surface area contributed by atoms with Gasteiger partial charge in [0.05, 0.1) is 7.11 Å². The summed E-state index contributed by atoms with van der Waals surface area (Å²) in [6.07, 6.45) is 1.40. The zero-order chi connectivity index (χ0) is 16.4. The molecular formula is C17H19NO5. The smallest absolute Gasteiger partial charge is 0.351 e. The van der Waals surface area contributed by atoms with E-state index in [1.807, 2.05) is 7.05 Å². The maximum absolute atomic E-state index is 12.3. The van der Waals surface area contributed by atoms with Gasteiger partial charge in [0.25, 0.3) is 0 Å². The Morgan fingerprint density at radius 2 is 2.00 bits per heavy atom. The van der Waals surface area contributed by atoms with Crippen molar-refractivity contribution in [3.05, 3.63) is 40.2 Å². The number of benzene rings is 1. The highest BCUT2D eigenvalue weighted by Gasteiger charge is 2.23. The molecule has 1 aromatic heterocycles. The number of hydrogen-bond acceptors (Lipinski definition) is 6. The van der Waals surface area contributed by atoms with Crippen molar-refractivity contribution in [2.75, 3.05) is 27.2 Å². The van der Waals surface area contributed by atoms with Crippen molar-refractivity contribution in [1.82, 2.24) is 4.90 Å². The summed E-state index contributed by atoms with van der Waals surface area (Å²) in [6, 6.07) is 6.61. The predicted octanol–water partition coefficient (Wildman–Crippen LogP) is 2.05. The fourth-order valence-corrected chi connectivity index (χ4v) is 2.68. The van der Waals surface area contributed by atoms with Crippen molar-refractivity contribution in [2.24, 2.45) is 0 Å². The summed E-state index contributed by atoms with van der Waals surface area (Å²) in [5.74, 6) is -0.0340. The lowest BCUT2D eigenvalue weighted by Crippen LogP contribution is -2.35. The summed E-state index contributed by atoms with van der Waals surface area (Å²) in [5.41, 5.74) is -0.379. The fourth-order valence-electron chi connectivity index (χ4n) is 2.68. The average molecular weight is 317 g/mol. The molecule has 0 saturated carbocycles. The molecule has 2 heterocycles. The van der Waals surface area contributed by atoms with Crippen molar-refractivity contribution >= 4 is 16.9 Å². The first-order chi connectivity index (χ1) is 11.1. The van der Waals surface area contributed by atoms with E-state index in [9.17, 15) is 9.59 Å². The van der Waals surface area contributed by atoms with Crippen LogP contribution in [0.2, 0.25) is 0 Å². The predicted molar refractivity (Wildman–Crippen MR) is 85.0 cm³/mol. The van der Waals surface area contributed by atoms with Gasteiger partial charge in [-0.15, -0.1) is 0 Å².